The highest BCUT2D eigenvalue weighted by molar-refractivity contribution is 5.78. The van der Waals surface area contributed by atoms with Crippen molar-refractivity contribution in [2.24, 2.45) is 0 Å². The first-order valence-corrected chi connectivity index (χ1v) is 8.15. The number of aryl methyl sites for hydroxylation is 1. The second kappa shape index (κ2) is 7.49. The maximum atomic E-state index is 12.5. The molecule has 2 rings (SSSR count). The zero-order valence-corrected chi connectivity index (χ0v) is 14.2. The van der Waals surface area contributed by atoms with E-state index < -0.39 is 5.60 Å². The SMILES string of the molecule is CC(C)(C)OC(=O)N1CCC(=O)NC[C@H]1CCc1ccccc1. The van der Waals surface area contributed by atoms with Crippen molar-refractivity contribution in [3.63, 3.8) is 0 Å². The summed E-state index contributed by atoms with van der Waals surface area (Å²) in [5.74, 6) is -0.0132. The van der Waals surface area contributed by atoms with Crippen molar-refractivity contribution < 1.29 is 14.3 Å². The predicted molar refractivity (Wildman–Crippen MR) is 89.1 cm³/mol. The van der Waals surface area contributed by atoms with Crippen molar-refractivity contribution in [3.05, 3.63) is 35.9 Å². The molecule has 23 heavy (non-hydrogen) atoms. The Hall–Kier alpha value is -2.04. The Kier molecular flexibility index (Phi) is 5.64. The van der Waals surface area contributed by atoms with E-state index in [9.17, 15) is 9.59 Å². The third-order valence-corrected chi connectivity index (χ3v) is 3.79. The van der Waals surface area contributed by atoms with E-state index in [1.807, 2.05) is 39.0 Å². The van der Waals surface area contributed by atoms with Gasteiger partial charge in [0.05, 0.1) is 6.04 Å². The molecule has 1 N–H and O–H groups in total. The number of nitrogens with one attached hydrogen (secondary N) is 1. The van der Waals surface area contributed by atoms with Crippen LogP contribution < -0.4 is 5.32 Å². The molecule has 0 radical (unpaired) electrons. The molecule has 0 unspecified atom stereocenters. The molecule has 1 heterocycles. The Morgan fingerprint density at radius 1 is 1.30 bits per heavy atom. The molecule has 2 amide bonds. The largest absolute Gasteiger partial charge is 0.444 e. The number of amides is 2. The standard InChI is InChI=1S/C18H26N2O3/c1-18(2,3)23-17(22)20-12-11-16(21)19-13-15(20)10-9-14-7-5-4-6-8-14/h4-8,15H,9-13H2,1-3H3,(H,19,21)/t15-/m1/s1. The van der Waals surface area contributed by atoms with Gasteiger partial charge in [0.15, 0.2) is 0 Å². The minimum Gasteiger partial charge on any atom is -0.444 e. The topological polar surface area (TPSA) is 58.6 Å². The summed E-state index contributed by atoms with van der Waals surface area (Å²) in [6.45, 7) is 6.44. The van der Waals surface area contributed by atoms with Gasteiger partial charge in [0.1, 0.15) is 5.60 Å². The van der Waals surface area contributed by atoms with E-state index in [0.29, 0.717) is 19.5 Å². The quantitative estimate of drug-likeness (QED) is 0.932. The molecule has 5 nitrogen and oxygen atoms in total. The van der Waals surface area contributed by atoms with Crippen molar-refractivity contribution in [2.75, 3.05) is 13.1 Å². The summed E-state index contributed by atoms with van der Waals surface area (Å²) in [7, 11) is 0. The Morgan fingerprint density at radius 2 is 2.00 bits per heavy atom. The number of rotatable bonds is 3. The molecule has 1 saturated heterocycles. The minimum absolute atomic E-state index is 0.0132. The van der Waals surface area contributed by atoms with Gasteiger partial charge in [0.25, 0.3) is 0 Å². The number of hydrogen-bond donors (Lipinski definition) is 1. The zero-order valence-electron chi connectivity index (χ0n) is 14.2. The molecular weight excluding hydrogens is 292 g/mol. The fraction of sp³-hybridized carbons (Fsp3) is 0.556. The fourth-order valence-corrected chi connectivity index (χ4v) is 2.63. The van der Waals surface area contributed by atoms with Crippen LogP contribution in [0.15, 0.2) is 30.3 Å². The van der Waals surface area contributed by atoms with Gasteiger partial charge in [-0.15, -0.1) is 0 Å². The first-order valence-electron chi connectivity index (χ1n) is 8.15. The van der Waals surface area contributed by atoms with E-state index >= 15 is 0 Å². The lowest BCUT2D eigenvalue weighted by atomic mass is 10.0. The predicted octanol–water partition coefficient (Wildman–Crippen LogP) is 2.74. The summed E-state index contributed by atoms with van der Waals surface area (Å²) in [5, 5.41) is 2.89. The number of ether oxygens (including phenoxy) is 1. The number of carbonyl (C=O) groups is 2. The van der Waals surface area contributed by atoms with Gasteiger partial charge in [-0.25, -0.2) is 4.79 Å². The lowest BCUT2D eigenvalue weighted by molar-refractivity contribution is -0.120. The maximum absolute atomic E-state index is 12.5. The summed E-state index contributed by atoms with van der Waals surface area (Å²) in [6, 6.07) is 10.1. The van der Waals surface area contributed by atoms with Crippen LogP contribution in [0, 0.1) is 0 Å². The van der Waals surface area contributed by atoms with Gasteiger partial charge in [-0.1, -0.05) is 30.3 Å². The van der Waals surface area contributed by atoms with Crippen LogP contribution in [0.5, 0.6) is 0 Å². The molecule has 0 aliphatic carbocycles. The fourth-order valence-electron chi connectivity index (χ4n) is 2.63. The molecule has 1 aromatic rings. The third-order valence-electron chi connectivity index (χ3n) is 3.79. The van der Waals surface area contributed by atoms with Gasteiger partial charge in [-0.3, -0.25) is 4.79 Å². The van der Waals surface area contributed by atoms with Crippen LogP contribution in [0.1, 0.15) is 39.2 Å². The normalized spacial score (nSPS) is 19.0. The maximum Gasteiger partial charge on any atom is 0.410 e. The van der Waals surface area contributed by atoms with Crippen molar-refractivity contribution in [3.8, 4) is 0 Å². The van der Waals surface area contributed by atoms with Gasteiger partial charge >= 0.3 is 6.09 Å². The van der Waals surface area contributed by atoms with E-state index in [1.165, 1.54) is 5.56 Å². The molecule has 1 aromatic carbocycles. The lowest BCUT2D eigenvalue weighted by Crippen LogP contribution is -2.46. The molecular formula is C18H26N2O3. The molecule has 0 bridgehead atoms. The molecule has 0 saturated carbocycles. The third kappa shape index (κ3) is 5.58. The molecule has 126 valence electrons. The van der Waals surface area contributed by atoms with Crippen LogP contribution in [0.2, 0.25) is 0 Å². The Morgan fingerprint density at radius 3 is 2.65 bits per heavy atom. The van der Waals surface area contributed by atoms with Crippen LogP contribution in [0.4, 0.5) is 4.79 Å². The Bertz CT molecular complexity index is 537. The van der Waals surface area contributed by atoms with E-state index in [4.69, 9.17) is 4.74 Å². The summed E-state index contributed by atoms with van der Waals surface area (Å²) in [4.78, 5) is 25.8. The van der Waals surface area contributed by atoms with Crippen LogP contribution in [-0.4, -0.2) is 41.6 Å². The average Bonchev–Trinajstić information content (AvgIpc) is 2.66. The van der Waals surface area contributed by atoms with Gasteiger partial charge in [0, 0.05) is 19.5 Å². The van der Waals surface area contributed by atoms with E-state index in [0.717, 1.165) is 12.8 Å². The molecule has 1 atom stereocenters. The molecule has 1 aliphatic heterocycles. The molecule has 1 aliphatic rings. The number of nitrogens with zero attached hydrogens (tertiary/aromatic N) is 1. The van der Waals surface area contributed by atoms with Crippen molar-refractivity contribution >= 4 is 12.0 Å². The molecule has 5 heteroatoms. The summed E-state index contributed by atoms with van der Waals surface area (Å²) in [6.07, 6.45) is 1.64. The van der Waals surface area contributed by atoms with Crippen LogP contribution in [-0.2, 0) is 16.0 Å². The van der Waals surface area contributed by atoms with Gasteiger partial charge in [0.2, 0.25) is 5.91 Å². The smallest absolute Gasteiger partial charge is 0.410 e. The lowest BCUT2D eigenvalue weighted by Gasteiger charge is -2.32. The molecule has 1 fully saturated rings. The summed E-state index contributed by atoms with van der Waals surface area (Å²) in [5.41, 5.74) is 0.692. The monoisotopic (exact) mass is 318 g/mol. The first-order chi connectivity index (χ1) is 10.8. The van der Waals surface area contributed by atoms with Crippen LogP contribution in [0.3, 0.4) is 0 Å². The van der Waals surface area contributed by atoms with E-state index in [-0.39, 0.29) is 18.0 Å². The highest BCUT2D eigenvalue weighted by Crippen LogP contribution is 2.17. The Balaban J connectivity index is 2.04. The van der Waals surface area contributed by atoms with Crippen molar-refractivity contribution in [2.45, 2.75) is 51.7 Å². The Labute approximate surface area is 138 Å². The second-order valence-corrected chi connectivity index (χ2v) is 6.91. The molecule has 0 spiro atoms. The van der Waals surface area contributed by atoms with Gasteiger partial charge in [-0.2, -0.15) is 0 Å². The van der Waals surface area contributed by atoms with Crippen LogP contribution >= 0.6 is 0 Å². The minimum atomic E-state index is -0.537. The second-order valence-electron chi connectivity index (χ2n) is 6.91. The summed E-state index contributed by atoms with van der Waals surface area (Å²) < 4.78 is 5.50. The zero-order chi connectivity index (χ0) is 16.9. The molecule has 0 aromatic heterocycles. The van der Waals surface area contributed by atoms with E-state index in [1.54, 1.807) is 4.90 Å². The first kappa shape index (κ1) is 17.3. The highest BCUT2D eigenvalue weighted by Gasteiger charge is 2.30. The van der Waals surface area contributed by atoms with Crippen LogP contribution in [0.25, 0.3) is 0 Å². The average molecular weight is 318 g/mol. The number of benzene rings is 1. The number of carbonyl (C=O) groups excluding carboxylic acids is 2. The van der Waals surface area contributed by atoms with Crippen molar-refractivity contribution in [1.82, 2.24) is 10.2 Å². The highest BCUT2D eigenvalue weighted by atomic mass is 16.6. The van der Waals surface area contributed by atoms with E-state index in [2.05, 4.69) is 17.4 Å². The van der Waals surface area contributed by atoms with Gasteiger partial charge < -0.3 is 15.0 Å². The summed E-state index contributed by atoms with van der Waals surface area (Å²) >= 11 is 0. The van der Waals surface area contributed by atoms with Crippen molar-refractivity contribution in [1.29, 1.82) is 0 Å². The van der Waals surface area contributed by atoms with Gasteiger partial charge in [-0.05, 0) is 39.2 Å². The number of hydrogen-bond acceptors (Lipinski definition) is 3.